The van der Waals surface area contributed by atoms with Crippen molar-refractivity contribution in [1.82, 2.24) is 4.90 Å². The van der Waals surface area contributed by atoms with Crippen LogP contribution in [0.4, 0.5) is 0 Å². The maximum Gasteiger partial charge on any atom is 0.135 e. The second-order valence-corrected chi connectivity index (χ2v) is 4.17. The molecule has 0 saturated carbocycles. The Balaban J connectivity index is 2.04. The molecule has 1 heterocycles. The van der Waals surface area contributed by atoms with E-state index in [2.05, 4.69) is 4.90 Å². The maximum atomic E-state index is 5.21. The molecule has 13 heavy (non-hydrogen) atoms. The Kier molecular flexibility index (Phi) is 4.12. The van der Waals surface area contributed by atoms with E-state index in [1.54, 1.807) is 0 Å². The number of hydrogen-bond acceptors (Lipinski definition) is 4. The Morgan fingerprint density at radius 2 is 1.85 bits per heavy atom. The largest absolute Gasteiger partial charge is 0.379 e. The fourth-order valence-electron chi connectivity index (χ4n) is 1.01. The zero-order valence-electron chi connectivity index (χ0n) is 8.71. The third-order valence-corrected chi connectivity index (χ3v) is 1.65. The van der Waals surface area contributed by atoms with Crippen LogP contribution in [0.3, 0.4) is 0 Å². The van der Waals surface area contributed by atoms with Crippen LogP contribution in [0.1, 0.15) is 20.8 Å². The highest BCUT2D eigenvalue weighted by molar-refractivity contribution is 4.57. The number of rotatable bonds is 3. The fraction of sp³-hybridized carbons (Fsp3) is 1.00. The molecule has 0 spiro atoms. The predicted molar refractivity (Wildman–Crippen MR) is 49.2 cm³/mol. The molecule has 1 fully saturated rings. The van der Waals surface area contributed by atoms with Crippen molar-refractivity contribution < 1.29 is 14.5 Å². The quantitative estimate of drug-likeness (QED) is 0.490. The summed E-state index contributed by atoms with van der Waals surface area (Å²) in [5.74, 6) is 0. The van der Waals surface area contributed by atoms with Crippen molar-refractivity contribution in [3.05, 3.63) is 0 Å². The van der Waals surface area contributed by atoms with Crippen LogP contribution in [-0.4, -0.2) is 43.5 Å². The van der Waals surface area contributed by atoms with Gasteiger partial charge in [-0.1, -0.05) is 0 Å². The molecule has 4 heteroatoms. The lowest BCUT2D eigenvalue weighted by Crippen LogP contribution is -2.38. The van der Waals surface area contributed by atoms with E-state index in [1.165, 1.54) is 0 Å². The molecule has 1 saturated heterocycles. The minimum absolute atomic E-state index is 0.230. The molecule has 0 atom stereocenters. The van der Waals surface area contributed by atoms with Gasteiger partial charge >= 0.3 is 0 Å². The van der Waals surface area contributed by atoms with Crippen LogP contribution in [0.15, 0.2) is 0 Å². The molecule has 0 unspecified atom stereocenters. The summed E-state index contributed by atoms with van der Waals surface area (Å²) in [5.41, 5.74) is -0.230. The van der Waals surface area contributed by atoms with Gasteiger partial charge in [-0.25, -0.2) is 9.78 Å². The first-order valence-electron chi connectivity index (χ1n) is 4.69. The number of nitrogens with zero attached hydrogens (tertiary/aromatic N) is 1. The van der Waals surface area contributed by atoms with Crippen molar-refractivity contribution in [2.45, 2.75) is 26.4 Å². The van der Waals surface area contributed by atoms with Gasteiger partial charge in [0.2, 0.25) is 0 Å². The summed E-state index contributed by atoms with van der Waals surface area (Å²) >= 11 is 0. The summed E-state index contributed by atoms with van der Waals surface area (Å²) < 4.78 is 5.21. The van der Waals surface area contributed by atoms with Crippen molar-refractivity contribution in [3.63, 3.8) is 0 Å². The van der Waals surface area contributed by atoms with Crippen LogP contribution < -0.4 is 0 Å². The van der Waals surface area contributed by atoms with Gasteiger partial charge in [0, 0.05) is 13.1 Å². The number of ether oxygens (including phenoxy) is 1. The summed E-state index contributed by atoms with van der Waals surface area (Å²) in [7, 11) is 0. The number of morpholine rings is 1. The fourth-order valence-corrected chi connectivity index (χ4v) is 1.01. The van der Waals surface area contributed by atoms with Crippen molar-refractivity contribution in [2.24, 2.45) is 0 Å². The van der Waals surface area contributed by atoms with Crippen LogP contribution in [0.2, 0.25) is 0 Å². The van der Waals surface area contributed by atoms with Gasteiger partial charge in [-0.3, -0.25) is 4.90 Å². The molecule has 4 nitrogen and oxygen atoms in total. The Morgan fingerprint density at radius 1 is 1.23 bits per heavy atom. The lowest BCUT2D eigenvalue weighted by molar-refractivity contribution is -0.366. The van der Waals surface area contributed by atoms with E-state index in [0.717, 1.165) is 26.3 Å². The first-order valence-corrected chi connectivity index (χ1v) is 4.69. The van der Waals surface area contributed by atoms with Crippen LogP contribution in [0, 0.1) is 0 Å². The maximum absolute atomic E-state index is 5.21. The Hall–Kier alpha value is -0.160. The molecule has 0 N–H and O–H groups in total. The zero-order valence-corrected chi connectivity index (χ0v) is 8.71. The lowest BCUT2D eigenvalue weighted by atomic mass is 10.2. The van der Waals surface area contributed by atoms with Gasteiger partial charge in [-0.2, -0.15) is 0 Å². The zero-order chi connectivity index (χ0) is 9.73. The molecule has 0 aromatic heterocycles. The Bertz CT molecular complexity index is 138. The van der Waals surface area contributed by atoms with Gasteiger partial charge in [-0.15, -0.1) is 0 Å². The molecular weight excluding hydrogens is 170 g/mol. The van der Waals surface area contributed by atoms with E-state index in [1.807, 2.05) is 20.8 Å². The highest BCUT2D eigenvalue weighted by Gasteiger charge is 2.14. The molecule has 1 aliphatic heterocycles. The third-order valence-electron chi connectivity index (χ3n) is 1.65. The third kappa shape index (κ3) is 5.21. The monoisotopic (exact) mass is 189 g/mol. The minimum atomic E-state index is -0.230. The van der Waals surface area contributed by atoms with Gasteiger partial charge in [0.05, 0.1) is 18.8 Å². The first kappa shape index (κ1) is 10.9. The second-order valence-electron chi connectivity index (χ2n) is 4.17. The average Bonchev–Trinajstić information content (AvgIpc) is 2.04. The highest BCUT2D eigenvalue weighted by Crippen LogP contribution is 2.07. The normalized spacial score (nSPS) is 20.5. The average molecular weight is 189 g/mol. The van der Waals surface area contributed by atoms with Crippen molar-refractivity contribution in [1.29, 1.82) is 0 Å². The summed E-state index contributed by atoms with van der Waals surface area (Å²) in [6.07, 6.45) is 0. The Labute approximate surface area is 79.7 Å². The predicted octanol–water partition coefficient (Wildman–Crippen LogP) is 1.02. The molecular formula is C9H19NO3. The van der Waals surface area contributed by atoms with E-state index in [-0.39, 0.29) is 5.60 Å². The van der Waals surface area contributed by atoms with Crippen molar-refractivity contribution in [3.8, 4) is 0 Å². The summed E-state index contributed by atoms with van der Waals surface area (Å²) in [5, 5.41) is 0. The summed E-state index contributed by atoms with van der Waals surface area (Å²) in [6.45, 7) is 9.85. The van der Waals surface area contributed by atoms with Crippen molar-refractivity contribution in [2.75, 3.05) is 33.0 Å². The first-order chi connectivity index (χ1) is 6.08. The van der Waals surface area contributed by atoms with Gasteiger partial charge in [-0.05, 0) is 20.8 Å². The highest BCUT2D eigenvalue weighted by atomic mass is 17.2. The Morgan fingerprint density at radius 3 is 2.38 bits per heavy atom. The SMILES string of the molecule is CC(C)(C)OOCN1CCOCC1. The van der Waals surface area contributed by atoms with E-state index in [9.17, 15) is 0 Å². The van der Waals surface area contributed by atoms with E-state index in [0.29, 0.717) is 6.73 Å². The van der Waals surface area contributed by atoms with E-state index in [4.69, 9.17) is 14.5 Å². The standard InChI is InChI=1S/C9H19NO3/c1-9(2,3)13-12-8-10-4-6-11-7-5-10/h4-8H2,1-3H3. The van der Waals surface area contributed by atoms with Gasteiger partial charge in [0.15, 0.2) is 0 Å². The van der Waals surface area contributed by atoms with Gasteiger partial charge in [0.25, 0.3) is 0 Å². The van der Waals surface area contributed by atoms with E-state index >= 15 is 0 Å². The summed E-state index contributed by atoms with van der Waals surface area (Å²) in [6, 6.07) is 0. The topological polar surface area (TPSA) is 30.9 Å². The molecule has 0 bridgehead atoms. The smallest absolute Gasteiger partial charge is 0.135 e. The van der Waals surface area contributed by atoms with Crippen molar-refractivity contribution >= 4 is 0 Å². The second kappa shape index (κ2) is 4.91. The molecule has 1 rings (SSSR count). The molecule has 0 aromatic rings. The van der Waals surface area contributed by atoms with Crippen LogP contribution >= 0.6 is 0 Å². The van der Waals surface area contributed by atoms with Crippen LogP contribution in [-0.2, 0) is 14.5 Å². The lowest BCUT2D eigenvalue weighted by Gasteiger charge is -2.27. The molecule has 0 aromatic carbocycles. The van der Waals surface area contributed by atoms with Gasteiger partial charge < -0.3 is 4.74 Å². The number of hydrogen-bond donors (Lipinski definition) is 0. The van der Waals surface area contributed by atoms with Crippen LogP contribution in [0.25, 0.3) is 0 Å². The minimum Gasteiger partial charge on any atom is -0.379 e. The molecule has 0 amide bonds. The molecule has 0 aliphatic carbocycles. The molecule has 0 radical (unpaired) electrons. The summed E-state index contributed by atoms with van der Waals surface area (Å²) in [4.78, 5) is 12.4. The van der Waals surface area contributed by atoms with Crippen LogP contribution in [0.5, 0.6) is 0 Å². The van der Waals surface area contributed by atoms with E-state index < -0.39 is 0 Å². The molecule has 78 valence electrons. The molecule has 1 aliphatic rings. The van der Waals surface area contributed by atoms with Gasteiger partial charge in [0.1, 0.15) is 6.73 Å².